The number of halogens is 4. The fraction of sp³-hybridized carbons (Fsp3) is 0.607. The predicted octanol–water partition coefficient (Wildman–Crippen LogP) is 3.90. The van der Waals surface area contributed by atoms with E-state index in [2.05, 4.69) is 16.7 Å². The number of alkyl halides is 3. The summed E-state index contributed by atoms with van der Waals surface area (Å²) in [5.74, 6) is -5.55. The zero-order valence-corrected chi connectivity index (χ0v) is 22.5. The molecule has 2 aliphatic carbocycles. The van der Waals surface area contributed by atoms with Crippen LogP contribution in [0.25, 0.3) is 0 Å². The SMILES string of the molecule is CC(C)(C)[C@H](NC(=O)C(F)(F)F)C(=O)N[C@@H](CC1CC1)C(=O)CC1C[C@]2(C[C@H]1C#N)C(=O)Nc1ccc(F)cc12. The number of benzene rings is 1. The van der Waals surface area contributed by atoms with Crippen LogP contribution in [0, 0.1) is 40.3 Å². The molecule has 1 spiro atoms. The summed E-state index contributed by atoms with van der Waals surface area (Å²) in [5.41, 5.74) is -1.34. The van der Waals surface area contributed by atoms with Gasteiger partial charge in [-0.1, -0.05) is 33.6 Å². The first-order valence-corrected chi connectivity index (χ1v) is 13.3. The average molecular weight is 565 g/mol. The lowest BCUT2D eigenvalue weighted by atomic mass is 9.78. The van der Waals surface area contributed by atoms with Crippen molar-refractivity contribution < 1.29 is 36.7 Å². The number of fused-ring (bicyclic) bond motifs is 2. The molecule has 3 N–H and O–H groups in total. The van der Waals surface area contributed by atoms with Crippen molar-refractivity contribution in [3.63, 3.8) is 0 Å². The molecule has 8 nitrogen and oxygen atoms in total. The van der Waals surface area contributed by atoms with Gasteiger partial charge in [-0.25, -0.2) is 4.39 Å². The third-order valence-corrected chi connectivity index (χ3v) is 8.19. The van der Waals surface area contributed by atoms with Crippen LogP contribution >= 0.6 is 0 Å². The Hall–Kier alpha value is -3.49. The maximum atomic E-state index is 14.1. The fourth-order valence-electron chi connectivity index (χ4n) is 5.87. The molecule has 0 bridgehead atoms. The summed E-state index contributed by atoms with van der Waals surface area (Å²) in [4.78, 5) is 51.3. The zero-order chi connectivity index (χ0) is 29.6. The number of nitrogens with zero attached hydrogens (tertiary/aromatic N) is 1. The Bertz CT molecular complexity index is 1260. The summed E-state index contributed by atoms with van der Waals surface area (Å²) in [7, 11) is 0. The van der Waals surface area contributed by atoms with Gasteiger partial charge in [0.05, 0.1) is 23.4 Å². The van der Waals surface area contributed by atoms with Gasteiger partial charge in [0, 0.05) is 12.1 Å². The lowest BCUT2D eigenvalue weighted by Crippen LogP contribution is -2.58. The third-order valence-electron chi connectivity index (χ3n) is 8.19. The standard InChI is InChI=1S/C28H32F4N4O4/c1-26(2,3)22(36-25(40)28(30,31)32)23(38)34-20(8-14-4-5-14)21(37)9-15-11-27(12-16(15)13-33)18-10-17(29)6-7-19(18)35-24(27)39/h6-7,10,14-16,20,22H,4-5,8-9,11-12H2,1-3H3,(H,34,38)(H,35,39)(H,36,40)/t15?,16-,20-,22+,27+/m0/s1. The second kappa shape index (κ2) is 10.5. The number of hydrogen-bond acceptors (Lipinski definition) is 5. The van der Waals surface area contributed by atoms with Crippen LogP contribution in [-0.2, 0) is 24.6 Å². The maximum absolute atomic E-state index is 14.1. The predicted molar refractivity (Wildman–Crippen MR) is 135 cm³/mol. The van der Waals surface area contributed by atoms with E-state index in [0.29, 0.717) is 11.3 Å². The Morgan fingerprint density at radius 2 is 1.82 bits per heavy atom. The highest BCUT2D eigenvalue weighted by molar-refractivity contribution is 6.06. The normalized spacial score (nSPS) is 25.5. The van der Waals surface area contributed by atoms with Crippen molar-refractivity contribution in [2.75, 3.05) is 5.32 Å². The number of Topliss-reactive ketones (excluding diaryl/α,β-unsaturated/α-hetero) is 1. The zero-order valence-electron chi connectivity index (χ0n) is 22.5. The van der Waals surface area contributed by atoms with Crippen molar-refractivity contribution in [3.8, 4) is 6.07 Å². The van der Waals surface area contributed by atoms with Crippen molar-refractivity contribution in [1.82, 2.24) is 10.6 Å². The van der Waals surface area contributed by atoms with Crippen LogP contribution in [-0.4, -0.2) is 41.8 Å². The fourth-order valence-corrected chi connectivity index (χ4v) is 5.87. The number of carbonyl (C=O) groups excluding carboxylic acids is 4. The molecule has 1 unspecified atom stereocenters. The lowest BCUT2D eigenvalue weighted by Gasteiger charge is -2.32. The molecule has 0 saturated heterocycles. The lowest BCUT2D eigenvalue weighted by molar-refractivity contribution is -0.175. The smallest absolute Gasteiger partial charge is 0.344 e. The van der Waals surface area contributed by atoms with Crippen LogP contribution in [0.2, 0.25) is 0 Å². The van der Waals surface area contributed by atoms with Gasteiger partial charge >= 0.3 is 12.1 Å². The van der Waals surface area contributed by atoms with Gasteiger partial charge in [-0.3, -0.25) is 19.2 Å². The largest absolute Gasteiger partial charge is 0.471 e. The maximum Gasteiger partial charge on any atom is 0.471 e. The highest BCUT2D eigenvalue weighted by Gasteiger charge is 2.56. The summed E-state index contributed by atoms with van der Waals surface area (Å²) in [6, 6.07) is 3.53. The van der Waals surface area contributed by atoms with E-state index in [0.717, 1.165) is 12.8 Å². The van der Waals surface area contributed by atoms with E-state index in [1.54, 1.807) is 5.32 Å². The van der Waals surface area contributed by atoms with Gasteiger partial charge in [-0.15, -0.1) is 0 Å². The summed E-state index contributed by atoms with van der Waals surface area (Å²) in [6.45, 7) is 4.48. The highest BCUT2D eigenvalue weighted by Crippen LogP contribution is 2.54. The summed E-state index contributed by atoms with van der Waals surface area (Å²) in [6.07, 6.45) is -3.14. The van der Waals surface area contributed by atoms with Crippen LogP contribution < -0.4 is 16.0 Å². The van der Waals surface area contributed by atoms with Crippen LogP contribution in [0.4, 0.5) is 23.2 Å². The van der Waals surface area contributed by atoms with Crippen molar-refractivity contribution >= 4 is 29.2 Å². The molecule has 3 aliphatic rings. The number of ketones is 1. The van der Waals surface area contributed by atoms with E-state index in [4.69, 9.17) is 0 Å². The molecule has 1 aromatic rings. The van der Waals surface area contributed by atoms with Crippen molar-refractivity contribution in [2.45, 2.75) is 83.0 Å². The molecule has 12 heteroatoms. The Morgan fingerprint density at radius 3 is 2.40 bits per heavy atom. The molecule has 0 aromatic heterocycles. The van der Waals surface area contributed by atoms with Gasteiger partial charge in [-0.05, 0) is 60.3 Å². The number of hydrogen-bond donors (Lipinski definition) is 3. The molecule has 2 fully saturated rings. The summed E-state index contributed by atoms with van der Waals surface area (Å²) < 4.78 is 52.8. The third kappa shape index (κ3) is 5.98. The molecule has 1 aliphatic heterocycles. The van der Waals surface area contributed by atoms with Crippen LogP contribution in [0.15, 0.2) is 18.2 Å². The number of rotatable bonds is 8. The first-order chi connectivity index (χ1) is 18.5. The molecular weight excluding hydrogens is 532 g/mol. The molecule has 3 amide bonds. The summed E-state index contributed by atoms with van der Waals surface area (Å²) >= 11 is 0. The number of nitriles is 1. The Kier molecular flexibility index (Phi) is 7.73. The van der Waals surface area contributed by atoms with E-state index in [-0.39, 0.29) is 37.5 Å². The second-order valence-electron chi connectivity index (χ2n) is 12.3. The average Bonchev–Trinajstić information content (AvgIpc) is 3.53. The molecule has 0 radical (unpaired) electrons. The van der Waals surface area contributed by atoms with Gasteiger partial charge in [0.25, 0.3) is 0 Å². The molecule has 5 atom stereocenters. The topological polar surface area (TPSA) is 128 Å². The Labute approximate surface area is 229 Å². The number of anilines is 1. The minimum atomic E-state index is -5.19. The highest BCUT2D eigenvalue weighted by atomic mass is 19.4. The Morgan fingerprint density at radius 1 is 1.15 bits per heavy atom. The Balaban J connectivity index is 1.52. The number of amides is 3. The molecular formula is C28H32F4N4O4. The van der Waals surface area contributed by atoms with E-state index in [1.807, 2.05) is 0 Å². The molecule has 40 heavy (non-hydrogen) atoms. The molecule has 2 saturated carbocycles. The van der Waals surface area contributed by atoms with Gasteiger partial charge in [-0.2, -0.15) is 18.4 Å². The van der Waals surface area contributed by atoms with Gasteiger partial charge in [0.15, 0.2) is 5.78 Å². The molecule has 4 rings (SSSR count). The monoisotopic (exact) mass is 564 g/mol. The van der Waals surface area contributed by atoms with E-state index in [1.165, 1.54) is 39.0 Å². The minimum absolute atomic E-state index is 0.110. The van der Waals surface area contributed by atoms with E-state index < -0.39 is 64.3 Å². The van der Waals surface area contributed by atoms with Gasteiger partial charge in [0.1, 0.15) is 11.9 Å². The van der Waals surface area contributed by atoms with Crippen molar-refractivity contribution in [1.29, 1.82) is 5.26 Å². The van der Waals surface area contributed by atoms with Crippen LogP contribution in [0.5, 0.6) is 0 Å². The molecule has 1 aromatic carbocycles. The van der Waals surface area contributed by atoms with E-state index >= 15 is 0 Å². The molecule has 1 heterocycles. The van der Waals surface area contributed by atoms with Crippen LogP contribution in [0.1, 0.15) is 64.9 Å². The van der Waals surface area contributed by atoms with Gasteiger partial charge in [0.2, 0.25) is 11.8 Å². The first kappa shape index (κ1) is 29.5. The van der Waals surface area contributed by atoms with Crippen molar-refractivity contribution in [3.05, 3.63) is 29.6 Å². The second-order valence-corrected chi connectivity index (χ2v) is 12.3. The molecule has 216 valence electrons. The van der Waals surface area contributed by atoms with E-state index in [9.17, 15) is 42.0 Å². The first-order valence-electron chi connectivity index (χ1n) is 13.3. The minimum Gasteiger partial charge on any atom is -0.344 e. The quantitative estimate of drug-likeness (QED) is 0.413. The number of carbonyl (C=O) groups is 4. The summed E-state index contributed by atoms with van der Waals surface area (Å²) in [5, 5.41) is 16.9. The van der Waals surface area contributed by atoms with Gasteiger partial charge < -0.3 is 16.0 Å². The van der Waals surface area contributed by atoms with Crippen LogP contribution in [0.3, 0.4) is 0 Å². The number of nitrogens with one attached hydrogen (secondary N) is 3. The van der Waals surface area contributed by atoms with Crippen molar-refractivity contribution in [2.24, 2.45) is 23.2 Å².